The van der Waals surface area contributed by atoms with E-state index in [-0.39, 0.29) is 17.2 Å². The third-order valence-corrected chi connectivity index (χ3v) is 3.80. The Bertz CT molecular complexity index is 618. The summed E-state index contributed by atoms with van der Waals surface area (Å²) in [5.74, 6) is -1.18. The number of ether oxygens (including phenoxy) is 1. The van der Waals surface area contributed by atoms with Gasteiger partial charge in [-0.25, -0.2) is 9.18 Å². The maximum atomic E-state index is 13.5. The predicted molar refractivity (Wildman–Crippen MR) is 61.0 cm³/mol. The SMILES string of the molecule is O=C(O)c1cc2c(s1)-c1cccc(F)c1OC2. The Morgan fingerprint density at radius 1 is 1.47 bits per heavy atom. The molecular weight excluding hydrogens is 243 g/mol. The summed E-state index contributed by atoms with van der Waals surface area (Å²) in [7, 11) is 0. The molecule has 0 bridgehead atoms. The molecule has 1 aliphatic rings. The Kier molecular flexibility index (Phi) is 2.16. The lowest BCUT2D eigenvalue weighted by Crippen LogP contribution is -2.04. The highest BCUT2D eigenvalue weighted by molar-refractivity contribution is 7.17. The summed E-state index contributed by atoms with van der Waals surface area (Å²) in [4.78, 5) is 11.9. The van der Waals surface area contributed by atoms with E-state index in [9.17, 15) is 9.18 Å². The summed E-state index contributed by atoms with van der Waals surface area (Å²) < 4.78 is 18.8. The molecule has 2 aromatic rings. The van der Waals surface area contributed by atoms with Crippen LogP contribution < -0.4 is 4.74 Å². The van der Waals surface area contributed by atoms with Crippen molar-refractivity contribution in [1.29, 1.82) is 0 Å². The van der Waals surface area contributed by atoms with Gasteiger partial charge in [0, 0.05) is 16.0 Å². The maximum Gasteiger partial charge on any atom is 0.345 e. The average molecular weight is 250 g/mol. The fraction of sp³-hybridized carbons (Fsp3) is 0.0833. The number of hydrogen-bond acceptors (Lipinski definition) is 3. The van der Waals surface area contributed by atoms with Crippen molar-refractivity contribution in [3.63, 3.8) is 0 Å². The highest BCUT2D eigenvalue weighted by atomic mass is 32.1. The molecule has 1 aliphatic heterocycles. The van der Waals surface area contributed by atoms with Crippen molar-refractivity contribution < 1.29 is 19.0 Å². The molecule has 1 aromatic heterocycles. The minimum Gasteiger partial charge on any atom is -0.485 e. The van der Waals surface area contributed by atoms with E-state index in [0.29, 0.717) is 5.56 Å². The average Bonchev–Trinajstić information content (AvgIpc) is 2.73. The van der Waals surface area contributed by atoms with Gasteiger partial charge in [0.25, 0.3) is 0 Å². The number of hydrogen-bond donors (Lipinski definition) is 1. The van der Waals surface area contributed by atoms with Gasteiger partial charge in [-0.15, -0.1) is 11.3 Å². The summed E-state index contributed by atoms with van der Waals surface area (Å²) >= 11 is 1.15. The quantitative estimate of drug-likeness (QED) is 0.845. The summed E-state index contributed by atoms with van der Waals surface area (Å²) in [6.45, 7) is 0.215. The lowest BCUT2D eigenvalue weighted by molar-refractivity contribution is 0.0702. The van der Waals surface area contributed by atoms with Crippen molar-refractivity contribution in [2.24, 2.45) is 0 Å². The normalized spacial score (nSPS) is 12.5. The van der Waals surface area contributed by atoms with Gasteiger partial charge in [-0.2, -0.15) is 0 Å². The van der Waals surface area contributed by atoms with Crippen molar-refractivity contribution in [2.75, 3.05) is 0 Å². The Balaban J connectivity index is 2.22. The van der Waals surface area contributed by atoms with Crippen molar-refractivity contribution in [2.45, 2.75) is 6.61 Å². The fourth-order valence-corrected chi connectivity index (χ4v) is 2.88. The molecule has 0 spiro atoms. The minimum atomic E-state index is -0.970. The molecule has 0 unspecified atom stereocenters. The highest BCUT2D eigenvalue weighted by Crippen LogP contribution is 2.43. The van der Waals surface area contributed by atoms with Crippen LogP contribution >= 0.6 is 11.3 Å². The van der Waals surface area contributed by atoms with Crippen LogP contribution in [0.5, 0.6) is 5.75 Å². The fourth-order valence-electron chi connectivity index (χ4n) is 1.85. The molecule has 17 heavy (non-hydrogen) atoms. The van der Waals surface area contributed by atoms with E-state index in [1.54, 1.807) is 18.2 Å². The highest BCUT2D eigenvalue weighted by Gasteiger charge is 2.24. The minimum absolute atomic E-state index is 0.207. The van der Waals surface area contributed by atoms with Gasteiger partial charge < -0.3 is 9.84 Å². The second kappa shape index (κ2) is 3.56. The zero-order valence-electron chi connectivity index (χ0n) is 8.57. The van der Waals surface area contributed by atoms with Gasteiger partial charge in [-0.3, -0.25) is 0 Å². The van der Waals surface area contributed by atoms with Crippen molar-refractivity contribution >= 4 is 17.3 Å². The van der Waals surface area contributed by atoms with E-state index < -0.39 is 11.8 Å². The molecule has 86 valence electrons. The first-order valence-electron chi connectivity index (χ1n) is 4.94. The van der Waals surface area contributed by atoms with Gasteiger partial charge >= 0.3 is 5.97 Å². The molecule has 0 amide bonds. The summed E-state index contributed by atoms with van der Waals surface area (Å²) in [6.07, 6.45) is 0. The Morgan fingerprint density at radius 2 is 2.29 bits per heavy atom. The molecule has 1 aromatic carbocycles. The van der Waals surface area contributed by atoms with Gasteiger partial charge in [0.15, 0.2) is 11.6 Å². The van der Waals surface area contributed by atoms with E-state index in [2.05, 4.69) is 0 Å². The van der Waals surface area contributed by atoms with Crippen LogP contribution in [0.2, 0.25) is 0 Å². The first-order chi connectivity index (χ1) is 8.16. The van der Waals surface area contributed by atoms with Gasteiger partial charge in [-0.1, -0.05) is 6.07 Å². The lowest BCUT2D eigenvalue weighted by Gasteiger charge is -2.17. The number of carboxylic acids is 1. The van der Waals surface area contributed by atoms with Gasteiger partial charge in [-0.05, 0) is 18.2 Å². The second-order valence-electron chi connectivity index (χ2n) is 3.68. The maximum absolute atomic E-state index is 13.5. The van der Waals surface area contributed by atoms with Crippen LogP contribution in [0.15, 0.2) is 24.3 Å². The number of halogens is 1. The van der Waals surface area contributed by atoms with E-state index in [1.165, 1.54) is 6.07 Å². The van der Waals surface area contributed by atoms with Gasteiger partial charge in [0.2, 0.25) is 0 Å². The van der Waals surface area contributed by atoms with Crippen LogP contribution in [0.3, 0.4) is 0 Å². The smallest absolute Gasteiger partial charge is 0.345 e. The predicted octanol–water partition coefficient (Wildman–Crippen LogP) is 3.14. The van der Waals surface area contributed by atoms with Crippen LogP contribution in [-0.2, 0) is 6.61 Å². The topological polar surface area (TPSA) is 46.5 Å². The molecule has 0 fully saturated rings. The van der Waals surface area contributed by atoms with Crippen LogP contribution in [-0.4, -0.2) is 11.1 Å². The summed E-state index contributed by atoms with van der Waals surface area (Å²) in [5, 5.41) is 8.93. The van der Waals surface area contributed by atoms with E-state index in [0.717, 1.165) is 21.8 Å². The summed E-state index contributed by atoms with van der Waals surface area (Å²) in [5.41, 5.74) is 1.43. The first kappa shape index (κ1) is 10.3. The molecule has 1 N–H and O–H groups in total. The molecule has 3 rings (SSSR count). The monoisotopic (exact) mass is 250 g/mol. The first-order valence-corrected chi connectivity index (χ1v) is 5.76. The number of rotatable bonds is 1. The van der Waals surface area contributed by atoms with Crippen LogP contribution in [0, 0.1) is 5.82 Å². The number of carbonyl (C=O) groups is 1. The largest absolute Gasteiger partial charge is 0.485 e. The van der Waals surface area contributed by atoms with Crippen molar-refractivity contribution in [3.8, 4) is 16.2 Å². The molecule has 0 atom stereocenters. The Morgan fingerprint density at radius 3 is 3.06 bits per heavy atom. The van der Waals surface area contributed by atoms with E-state index in [4.69, 9.17) is 9.84 Å². The lowest BCUT2D eigenvalue weighted by atomic mass is 10.1. The molecule has 3 nitrogen and oxygen atoms in total. The number of thiophene rings is 1. The number of benzene rings is 1. The Hall–Kier alpha value is -1.88. The van der Waals surface area contributed by atoms with Gasteiger partial charge in [0.1, 0.15) is 11.5 Å². The van der Waals surface area contributed by atoms with E-state index in [1.807, 2.05) is 0 Å². The molecule has 0 radical (unpaired) electrons. The molecule has 0 aliphatic carbocycles. The summed E-state index contributed by atoms with van der Waals surface area (Å²) in [6, 6.07) is 6.23. The number of para-hydroxylation sites is 1. The number of carboxylic acid groups (broad SMARTS) is 1. The zero-order chi connectivity index (χ0) is 12.0. The van der Waals surface area contributed by atoms with Crippen LogP contribution in [0.1, 0.15) is 15.2 Å². The van der Waals surface area contributed by atoms with Crippen molar-refractivity contribution in [1.82, 2.24) is 0 Å². The molecule has 0 saturated heterocycles. The number of aromatic carboxylic acids is 1. The molecular formula is C12H7FO3S. The van der Waals surface area contributed by atoms with E-state index >= 15 is 0 Å². The third-order valence-electron chi connectivity index (χ3n) is 2.60. The standard InChI is InChI=1S/C12H7FO3S/c13-8-3-1-2-7-10(8)16-5-6-4-9(12(14)15)17-11(6)7/h1-4H,5H2,(H,14,15). The Labute approximate surface area is 100 Å². The second-order valence-corrected chi connectivity index (χ2v) is 4.73. The molecule has 0 saturated carbocycles. The molecule has 5 heteroatoms. The van der Waals surface area contributed by atoms with Crippen LogP contribution in [0.4, 0.5) is 4.39 Å². The number of fused-ring (bicyclic) bond motifs is 3. The third kappa shape index (κ3) is 1.51. The van der Waals surface area contributed by atoms with Gasteiger partial charge in [0.05, 0.1) is 0 Å². The van der Waals surface area contributed by atoms with Crippen LogP contribution in [0.25, 0.3) is 10.4 Å². The van der Waals surface area contributed by atoms with Crippen molar-refractivity contribution in [3.05, 3.63) is 40.5 Å². The molecule has 2 heterocycles. The zero-order valence-corrected chi connectivity index (χ0v) is 9.38.